The zero-order chi connectivity index (χ0) is 22.0. The Morgan fingerprint density at radius 1 is 1.10 bits per heavy atom. The minimum atomic E-state index is -4.41. The van der Waals surface area contributed by atoms with Crippen molar-refractivity contribution in [1.82, 2.24) is 21.3 Å². The highest BCUT2D eigenvalue weighted by atomic mass is 19.4. The summed E-state index contributed by atoms with van der Waals surface area (Å²) >= 11 is 0. The van der Waals surface area contributed by atoms with E-state index < -0.39 is 17.8 Å². The number of urea groups is 2. The van der Waals surface area contributed by atoms with Crippen LogP contribution in [0.1, 0.15) is 49.7 Å². The molecule has 4 amide bonds. The maximum Gasteiger partial charge on any atom is 0.416 e. The molecule has 3 fully saturated rings. The molecule has 2 saturated heterocycles. The van der Waals surface area contributed by atoms with Crippen molar-refractivity contribution in [2.24, 2.45) is 0 Å². The SMILES string of the molecule is O=C(NCc1ccc(C(F)(F)F)cc1N1CCCCC1)NC1CCCC2NC(=O)NC12. The molecule has 0 aromatic heterocycles. The molecule has 4 rings (SSSR count). The fraction of sp³-hybridized carbons (Fsp3) is 0.619. The second kappa shape index (κ2) is 8.84. The minimum Gasteiger partial charge on any atom is -0.371 e. The second-order valence-electron chi connectivity index (χ2n) is 8.50. The molecule has 0 bridgehead atoms. The lowest BCUT2D eigenvalue weighted by Gasteiger charge is -2.33. The van der Waals surface area contributed by atoms with Crippen LogP contribution in [0.5, 0.6) is 0 Å². The van der Waals surface area contributed by atoms with Gasteiger partial charge in [0.15, 0.2) is 0 Å². The fourth-order valence-electron chi connectivity index (χ4n) is 4.80. The monoisotopic (exact) mass is 439 g/mol. The van der Waals surface area contributed by atoms with Crippen LogP contribution in [0.15, 0.2) is 18.2 Å². The Morgan fingerprint density at radius 3 is 2.61 bits per heavy atom. The first-order chi connectivity index (χ1) is 14.8. The van der Waals surface area contributed by atoms with Crippen LogP contribution in [0.25, 0.3) is 0 Å². The topological polar surface area (TPSA) is 85.5 Å². The van der Waals surface area contributed by atoms with E-state index in [-0.39, 0.29) is 30.7 Å². The third kappa shape index (κ3) is 4.99. The van der Waals surface area contributed by atoms with E-state index in [1.54, 1.807) is 0 Å². The molecule has 3 atom stereocenters. The maximum absolute atomic E-state index is 13.2. The van der Waals surface area contributed by atoms with Crippen molar-refractivity contribution < 1.29 is 22.8 Å². The molecule has 1 aromatic rings. The van der Waals surface area contributed by atoms with Gasteiger partial charge in [0.05, 0.1) is 23.7 Å². The van der Waals surface area contributed by atoms with Crippen LogP contribution < -0.4 is 26.2 Å². The predicted molar refractivity (Wildman–Crippen MR) is 110 cm³/mol. The van der Waals surface area contributed by atoms with Gasteiger partial charge in [0.2, 0.25) is 0 Å². The van der Waals surface area contributed by atoms with Crippen molar-refractivity contribution in [2.75, 3.05) is 18.0 Å². The summed E-state index contributed by atoms with van der Waals surface area (Å²) in [5.74, 6) is 0. The average molecular weight is 439 g/mol. The fourth-order valence-corrected chi connectivity index (χ4v) is 4.80. The zero-order valence-corrected chi connectivity index (χ0v) is 17.2. The van der Waals surface area contributed by atoms with Gasteiger partial charge in [-0.1, -0.05) is 6.07 Å². The Labute approximate surface area is 179 Å². The summed E-state index contributed by atoms with van der Waals surface area (Å²) in [6.45, 7) is 1.54. The molecule has 2 heterocycles. The molecule has 3 aliphatic rings. The van der Waals surface area contributed by atoms with Gasteiger partial charge in [0.25, 0.3) is 0 Å². The number of nitrogens with zero attached hydrogens (tertiary/aromatic N) is 1. The van der Waals surface area contributed by atoms with E-state index >= 15 is 0 Å². The molecule has 3 unspecified atom stereocenters. The molecule has 0 radical (unpaired) electrons. The third-order valence-electron chi connectivity index (χ3n) is 6.38. The number of carbonyl (C=O) groups is 2. The quantitative estimate of drug-likeness (QED) is 0.582. The number of piperidine rings is 1. The van der Waals surface area contributed by atoms with E-state index in [1.807, 2.05) is 4.90 Å². The number of rotatable bonds is 4. The number of fused-ring (bicyclic) bond motifs is 1. The van der Waals surface area contributed by atoms with Crippen LogP contribution in [-0.2, 0) is 12.7 Å². The first-order valence-corrected chi connectivity index (χ1v) is 10.9. The minimum absolute atomic E-state index is 0.00664. The van der Waals surface area contributed by atoms with Crippen molar-refractivity contribution in [1.29, 1.82) is 0 Å². The summed E-state index contributed by atoms with van der Waals surface area (Å²) in [7, 11) is 0. The zero-order valence-electron chi connectivity index (χ0n) is 17.2. The van der Waals surface area contributed by atoms with Gasteiger partial charge in [0.1, 0.15) is 0 Å². The lowest BCUT2D eigenvalue weighted by Crippen LogP contribution is -2.56. The van der Waals surface area contributed by atoms with E-state index in [9.17, 15) is 22.8 Å². The van der Waals surface area contributed by atoms with Crippen molar-refractivity contribution >= 4 is 17.7 Å². The highest BCUT2D eigenvalue weighted by Crippen LogP contribution is 2.34. The molecule has 10 heteroatoms. The molecule has 1 saturated carbocycles. The molecule has 170 valence electrons. The molecule has 0 spiro atoms. The summed E-state index contributed by atoms with van der Waals surface area (Å²) in [6, 6.07) is 2.75. The van der Waals surface area contributed by atoms with Gasteiger partial charge in [-0.25, -0.2) is 9.59 Å². The Balaban J connectivity index is 1.42. The number of nitrogens with one attached hydrogen (secondary N) is 4. The maximum atomic E-state index is 13.2. The van der Waals surface area contributed by atoms with Crippen LogP contribution in [-0.4, -0.2) is 43.3 Å². The number of amides is 4. The highest BCUT2D eigenvalue weighted by Gasteiger charge is 2.40. The van der Waals surface area contributed by atoms with Crippen LogP contribution >= 0.6 is 0 Å². The summed E-state index contributed by atoms with van der Waals surface area (Å²) in [6.07, 6.45) is 1.06. The van der Waals surface area contributed by atoms with Crippen LogP contribution in [0, 0.1) is 0 Å². The second-order valence-corrected chi connectivity index (χ2v) is 8.50. The molecule has 2 aliphatic heterocycles. The molecule has 1 aromatic carbocycles. The number of hydrogen-bond acceptors (Lipinski definition) is 3. The number of carbonyl (C=O) groups excluding carboxylic acids is 2. The first-order valence-electron chi connectivity index (χ1n) is 10.9. The summed E-state index contributed by atoms with van der Waals surface area (Å²) < 4.78 is 39.7. The van der Waals surface area contributed by atoms with E-state index in [2.05, 4.69) is 21.3 Å². The van der Waals surface area contributed by atoms with E-state index in [1.165, 1.54) is 12.1 Å². The van der Waals surface area contributed by atoms with Gasteiger partial charge < -0.3 is 26.2 Å². The van der Waals surface area contributed by atoms with Crippen molar-refractivity contribution in [2.45, 2.75) is 69.4 Å². The Bertz CT molecular complexity index is 826. The van der Waals surface area contributed by atoms with Crippen molar-refractivity contribution in [3.8, 4) is 0 Å². The van der Waals surface area contributed by atoms with Crippen molar-refractivity contribution in [3.63, 3.8) is 0 Å². The van der Waals surface area contributed by atoms with Gasteiger partial charge >= 0.3 is 18.2 Å². The molecule has 7 nitrogen and oxygen atoms in total. The lowest BCUT2D eigenvalue weighted by molar-refractivity contribution is -0.137. The Kier molecular flexibility index (Phi) is 6.15. The smallest absolute Gasteiger partial charge is 0.371 e. The summed E-state index contributed by atoms with van der Waals surface area (Å²) in [5, 5.41) is 11.4. The van der Waals surface area contributed by atoms with Crippen LogP contribution in [0.4, 0.5) is 28.4 Å². The molecule has 31 heavy (non-hydrogen) atoms. The number of hydrogen-bond donors (Lipinski definition) is 4. The Hall–Kier alpha value is -2.65. The van der Waals surface area contributed by atoms with Gasteiger partial charge in [-0.2, -0.15) is 13.2 Å². The molecular formula is C21H28F3N5O2. The van der Waals surface area contributed by atoms with E-state index in [0.29, 0.717) is 24.3 Å². The molecule has 1 aliphatic carbocycles. The normalized spacial score (nSPS) is 26.0. The van der Waals surface area contributed by atoms with Gasteiger partial charge in [-0.15, -0.1) is 0 Å². The largest absolute Gasteiger partial charge is 0.416 e. The number of benzene rings is 1. The van der Waals surface area contributed by atoms with E-state index in [0.717, 1.165) is 44.6 Å². The van der Waals surface area contributed by atoms with Crippen LogP contribution in [0.3, 0.4) is 0 Å². The third-order valence-corrected chi connectivity index (χ3v) is 6.38. The van der Waals surface area contributed by atoms with Gasteiger partial charge in [-0.05, 0) is 56.2 Å². The standard InChI is InChI=1S/C21H28F3N5O2/c22-21(23,24)14-8-7-13(17(11-14)29-9-2-1-3-10-29)12-25-19(30)26-15-5-4-6-16-18(15)28-20(31)27-16/h7-8,11,15-16,18H,1-6,9-10,12H2,(H2,25,26,30)(H2,27,28,31). The van der Waals surface area contributed by atoms with Crippen molar-refractivity contribution in [3.05, 3.63) is 29.3 Å². The Morgan fingerprint density at radius 2 is 1.87 bits per heavy atom. The average Bonchev–Trinajstić information content (AvgIpc) is 3.13. The number of alkyl halides is 3. The molecule has 4 N–H and O–H groups in total. The predicted octanol–water partition coefficient (Wildman–Crippen LogP) is 3.10. The van der Waals surface area contributed by atoms with E-state index in [4.69, 9.17) is 0 Å². The summed E-state index contributed by atoms with van der Waals surface area (Å²) in [5.41, 5.74) is 0.501. The van der Waals surface area contributed by atoms with Gasteiger partial charge in [-0.3, -0.25) is 0 Å². The highest BCUT2D eigenvalue weighted by molar-refractivity contribution is 5.78. The number of anilines is 1. The molecular weight excluding hydrogens is 411 g/mol. The number of halogens is 3. The van der Waals surface area contributed by atoms with Gasteiger partial charge in [0, 0.05) is 25.3 Å². The first kappa shape index (κ1) is 21.6. The lowest BCUT2D eigenvalue weighted by atomic mass is 9.87. The summed E-state index contributed by atoms with van der Waals surface area (Å²) in [4.78, 5) is 26.1. The van der Waals surface area contributed by atoms with Crippen LogP contribution in [0.2, 0.25) is 0 Å².